The molecule has 1 amide bonds. The monoisotopic (exact) mass is 436 g/mol. The van der Waals surface area contributed by atoms with E-state index < -0.39 is 10.0 Å². The molecule has 0 aliphatic heterocycles. The average Bonchev–Trinajstić information content (AvgIpc) is 2.69. The van der Waals surface area contributed by atoms with Crippen molar-refractivity contribution in [1.82, 2.24) is 4.31 Å². The predicted octanol–water partition coefficient (Wildman–Crippen LogP) is 4.24. The fourth-order valence-electron chi connectivity index (χ4n) is 2.69. The Morgan fingerprint density at radius 3 is 2.34 bits per heavy atom. The maximum atomic E-state index is 12.8. The molecule has 29 heavy (non-hydrogen) atoms. The molecule has 2 aromatic carbocycles. The van der Waals surface area contributed by atoms with E-state index in [1.165, 1.54) is 28.2 Å². The van der Waals surface area contributed by atoms with Crippen LogP contribution >= 0.6 is 11.8 Å². The summed E-state index contributed by atoms with van der Waals surface area (Å²) in [4.78, 5) is 13.6. The molecule has 0 atom stereocenters. The second-order valence-corrected chi connectivity index (χ2v) is 9.55. The number of hydrogen-bond donors (Lipinski definition) is 1. The molecular formula is C21H28N2O4S2. The van der Waals surface area contributed by atoms with E-state index in [-0.39, 0.29) is 22.7 Å². The molecule has 0 bridgehead atoms. The van der Waals surface area contributed by atoms with Crippen molar-refractivity contribution < 1.29 is 17.9 Å². The van der Waals surface area contributed by atoms with Crippen molar-refractivity contribution in [1.29, 1.82) is 0 Å². The number of rotatable bonds is 10. The lowest BCUT2D eigenvalue weighted by Crippen LogP contribution is -2.30. The van der Waals surface area contributed by atoms with Gasteiger partial charge in [0.15, 0.2) is 0 Å². The van der Waals surface area contributed by atoms with Gasteiger partial charge < -0.3 is 10.1 Å². The Morgan fingerprint density at radius 1 is 1.10 bits per heavy atom. The number of anilines is 1. The summed E-state index contributed by atoms with van der Waals surface area (Å²) in [6.07, 6.45) is -0.116. The fourth-order valence-corrected chi connectivity index (χ4v) is 4.89. The molecule has 0 fully saturated rings. The van der Waals surface area contributed by atoms with E-state index in [4.69, 9.17) is 4.74 Å². The molecule has 8 heteroatoms. The molecule has 0 saturated heterocycles. The lowest BCUT2D eigenvalue weighted by Gasteiger charge is -2.20. The highest BCUT2D eigenvalue weighted by Gasteiger charge is 2.23. The Kier molecular flexibility index (Phi) is 8.55. The summed E-state index contributed by atoms with van der Waals surface area (Å²) in [5.74, 6) is 0.416. The summed E-state index contributed by atoms with van der Waals surface area (Å²) in [5, 5.41) is 2.81. The highest BCUT2D eigenvalue weighted by Crippen LogP contribution is 2.30. The average molecular weight is 437 g/mol. The quantitative estimate of drug-likeness (QED) is 0.564. The molecule has 0 aliphatic carbocycles. The van der Waals surface area contributed by atoms with Crippen LogP contribution in [0.3, 0.4) is 0 Å². The van der Waals surface area contributed by atoms with Gasteiger partial charge in [-0.25, -0.2) is 8.42 Å². The first-order valence-corrected chi connectivity index (χ1v) is 12.0. The topological polar surface area (TPSA) is 75.7 Å². The number of thioether (sulfide) groups is 1. The number of nitrogens with zero attached hydrogens (tertiary/aromatic N) is 1. The molecule has 2 rings (SSSR count). The molecule has 2 aromatic rings. The SMILES string of the molecule is CCN(CC)S(=O)(=O)c1ccc(OC(C)C)c(NC(=O)CSc2ccccc2)c1. The molecule has 158 valence electrons. The summed E-state index contributed by atoms with van der Waals surface area (Å²) in [6, 6.07) is 14.2. The van der Waals surface area contributed by atoms with Gasteiger partial charge in [0.05, 0.1) is 22.4 Å². The minimum Gasteiger partial charge on any atom is -0.489 e. The van der Waals surface area contributed by atoms with Crippen molar-refractivity contribution in [2.24, 2.45) is 0 Å². The van der Waals surface area contributed by atoms with Gasteiger partial charge in [-0.15, -0.1) is 11.8 Å². The van der Waals surface area contributed by atoms with Crippen LogP contribution in [0.2, 0.25) is 0 Å². The number of sulfonamides is 1. The zero-order valence-electron chi connectivity index (χ0n) is 17.2. The van der Waals surface area contributed by atoms with Crippen molar-refractivity contribution in [3.05, 3.63) is 48.5 Å². The van der Waals surface area contributed by atoms with E-state index in [1.54, 1.807) is 19.9 Å². The summed E-state index contributed by atoms with van der Waals surface area (Å²) in [5.41, 5.74) is 0.352. The van der Waals surface area contributed by atoms with E-state index in [0.717, 1.165) is 4.90 Å². The Labute approximate surface area is 177 Å². The molecular weight excluding hydrogens is 408 g/mol. The van der Waals surface area contributed by atoms with E-state index >= 15 is 0 Å². The summed E-state index contributed by atoms with van der Waals surface area (Å²) < 4.78 is 32.8. The Hall–Kier alpha value is -2.03. The van der Waals surface area contributed by atoms with E-state index in [0.29, 0.717) is 24.5 Å². The molecule has 0 radical (unpaired) electrons. The molecule has 0 heterocycles. The van der Waals surface area contributed by atoms with Crippen LogP contribution < -0.4 is 10.1 Å². The van der Waals surface area contributed by atoms with Gasteiger partial charge in [-0.3, -0.25) is 4.79 Å². The van der Waals surface area contributed by atoms with Gasteiger partial charge in [0.25, 0.3) is 0 Å². The van der Waals surface area contributed by atoms with Crippen LogP contribution in [0.4, 0.5) is 5.69 Å². The van der Waals surface area contributed by atoms with Crippen LogP contribution in [0.1, 0.15) is 27.7 Å². The molecule has 6 nitrogen and oxygen atoms in total. The van der Waals surface area contributed by atoms with Crippen molar-refractivity contribution in [2.45, 2.75) is 43.6 Å². The number of amides is 1. The summed E-state index contributed by atoms with van der Waals surface area (Å²) in [7, 11) is -3.64. The fraction of sp³-hybridized carbons (Fsp3) is 0.381. The van der Waals surface area contributed by atoms with Gasteiger partial charge in [0.2, 0.25) is 15.9 Å². The lowest BCUT2D eigenvalue weighted by atomic mass is 10.3. The summed E-state index contributed by atoms with van der Waals surface area (Å²) in [6.45, 7) is 8.08. The molecule has 0 unspecified atom stereocenters. The largest absolute Gasteiger partial charge is 0.489 e. The summed E-state index contributed by atoms with van der Waals surface area (Å²) >= 11 is 1.41. The number of benzene rings is 2. The minimum absolute atomic E-state index is 0.116. The van der Waals surface area contributed by atoms with Crippen LogP contribution in [0.15, 0.2) is 58.3 Å². The first-order valence-electron chi connectivity index (χ1n) is 9.56. The first-order chi connectivity index (χ1) is 13.8. The van der Waals surface area contributed by atoms with Crippen LogP contribution in [0, 0.1) is 0 Å². The Bertz CT molecular complexity index is 912. The smallest absolute Gasteiger partial charge is 0.243 e. The molecule has 0 aliphatic rings. The van der Waals surface area contributed by atoms with E-state index in [9.17, 15) is 13.2 Å². The second-order valence-electron chi connectivity index (χ2n) is 6.56. The second kappa shape index (κ2) is 10.7. The Balaban J connectivity index is 2.25. The lowest BCUT2D eigenvalue weighted by molar-refractivity contribution is -0.113. The number of carbonyl (C=O) groups is 1. The molecule has 0 spiro atoms. The van der Waals surface area contributed by atoms with Crippen molar-refractivity contribution in [3.8, 4) is 5.75 Å². The van der Waals surface area contributed by atoms with Crippen LogP contribution in [-0.2, 0) is 14.8 Å². The van der Waals surface area contributed by atoms with Gasteiger partial charge in [0.1, 0.15) is 5.75 Å². The maximum Gasteiger partial charge on any atom is 0.243 e. The normalized spacial score (nSPS) is 11.7. The molecule has 0 aromatic heterocycles. The third kappa shape index (κ3) is 6.48. The van der Waals surface area contributed by atoms with Gasteiger partial charge >= 0.3 is 0 Å². The zero-order chi connectivity index (χ0) is 21.4. The van der Waals surface area contributed by atoms with Gasteiger partial charge in [-0.1, -0.05) is 32.0 Å². The number of nitrogens with one attached hydrogen (secondary N) is 1. The van der Waals surface area contributed by atoms with Crippen molar-refractivity contribution in [3.63, 3.8) is 0 Å². The number of carbonyl (C=O) groups excluding carboxylic acids is 1. The highest BCUT2D eigenvalue weighted by molar-refractivity contribution is 8.00. The minimum atomic E-state index is -3.64. The van der Waals surface area contributed by atoms with Gasteiger partial charge in [0, 0.05) is 18.0 Å². The van der Waals surface area contributed by atoms with Gasteiger partial charge in [-0.05, 0) is 44.2 Å². The van der Waals surface area contributed by atoms with E-state index in [1.807, 2.05) is 44.2 Å². The van der Waals surface area contributed by atoms with Gasteiger partial charge in [-0.2, -0.15) is 4.31 Å². The van der Waals surface area contributed by atoms with Crippen LogP contribution in [0.5, 0.6) is 5.75 Å². The first kappa shape index (κ1) is 23.3. The van der Waals surface area contributed by atoms with Crippen molar-refractivity contribution >= 4 is 33.4 Å². The predicted molar refractivity (Wildman–Crippen MR) is 118 cm³/mol. The van der Waals surface area contributed by atoms with E-state index in [2.05, 4.69) is 5.32 Å². The molecule has 1 N–H and O–H groups in total. The number of hydrogen-bond acceptors (Lipinski definition) is 5. The maximum absolute atomic E-state index is 12.8. The van der Waals surface area contributed by atoms with Crippen LogP contribution in [0.25, 0.3) is 0 Å². The standard InChI is InChI=1S/C21H28N2O4S2/c1-5-23(6-2)29(25,26)18-12-13-20(27-16(3)4)19(14-18)22-21(24)15-28-17-10-8-7-9-11-17/h7-14,16H,5-6,15H2,1-4H3,(H,22,24). The van der Waals surface area contributed by atoms with Crippen LogP contribution in [-0.4, -0.2) is 43.6 Å². The highest BCUT2D eigenvalue weighted by atomic mass is 32.2. The molecule has 0 saturated carbocycles. The third-order valence-corrected chi connectivity index (χ3v) is 7.10. The zero-order valence-corrected chi connectivity index (χ0v) is 18.8. The third-order valence-electron chi connectivity index (χ3n) is 4.04. The Morgan fingerprint density at radius 2 is 1.76 bits per heavy atom. The number of ether oxygens (including phenoxy) is 1. The van der Waals surface area contributed by atoms with Crippen molar-refractivity contribution in [2.75, 3.05) is 24.2 Å².